The van der Waals surface area contributed by atoms with Crippen LogP contribution in [0.4, 0.5) is 5.69 Å². The molecule has 170 valence electrons. The molecule has 0 saturated carbocycles. The minimum absolute atomic E-state index is 0.168. The first-order valence-electron chi connectivity index (χ1n) is 10.4. The summed E-state index contributed by atoms with van der Waals surface area (Å²) in [5.74, 6) is 2.02. The molecule has 1 aromatic heterocycles. The number of hydrogen-bond donors (Lipinski definition) is 1. The Bertz CT molecular complexity index is 1060. The summed E-state index contributed by atoms with van der Waals surface area (Å²) in [6, 6.07) is 13.1. The summed E-state index contributed by atoms with van der Waals surface area (Å²) in [5, 5.41) is 12.6. The highest BCUT2D eigenvalue weighted by Gasteiger charge is 2.20. The first-order chi connectivity index (χ1) is 15.4. The quantitative estimate of drug-likeness (QED) is 0.397. The molecular weight excluding hydrogens is 448 g/mol. The normalized spacial score (nSPS) is 11.8. The van der Waals surface area contributed by atoms with Crippen molar-refractivity contribution in [1.82, 2.24) is 14.8 Å². The first-order valence-corrected chi connectivity index (χ1v) is 11.8. The number of nitrogens with zero attached hydrogens (tertiary/aromatic N) is 3. The number of halogens is 1. The molecule has 3 rings (SSSR count). The molecule has 2 aromatic carbocycles. The summed E-state index contributed by atoms with van der Waals surface area (Å²) >= 11 is 7.34. The number of thioether (sulfide) groups is 1. The molecule has 0 unspecified atom stereocenters. The molecule has 32 heavy (non-hydrogen) atoms. The molecule has 1 amide bonds. The Balaban J connectivity index is 1.64. The Morgan fingerprint density at radius 3 is 2.59 bits per heavy atom. The SMILES string of the molecule is CCc1ccc(O[C@H](C)c2nnc(SCC(=O)Nc3cc(Cl)ccc3OC)n2CC)cc1. The van der Waals surface area contributed by atoms with E-state index in [9.17, 15) is 4.79 Å². The lowest BCUT2D eigenvalue weighted by Crippen LogP contribution is -2.16. The van der Waals surface area contributed by atoms with Gasteiger partial charge in [-0.25, -0.2) is 0 Å². The fourth-order valence-electron chi connectivity index (χ4n) is 3.16. The first kappa shape index (κ1) is 23.9. The molecule has 1 atom stereocenters. The van der Waals surface area contributed by atoms with Crippen molar-refractivity contribution in [3.05, 3.63) is 58.9 Å². The van der Waals surface area contributed by atoms with Crippen LogP contribution in [0.25, 0.3) is 0 Å². The number of aromatic nitrogens is 3. The third-order valence-corrected chi connectivity index (χ3v) is 6.04. The lowest BCUT2D eigenvalue weighted by molar-refractivity contribution is -0.113. The third-order valence-electron chi connectivity index (χ3n) is 4.84. The van der Waals surface area contributed by atoms with E-state index in [2.05, 4.69) is 34.6 Å². The van der Waals surface area contributed by atoms with E-state index < -0.39 is 0 Å². The Morgan fingerprint density at radius 1 is 1.19 bits per heavy atom. The van der Waals surface area contributed by atoms with Crippen LogP contribution in [0, 0.1) is 0 Å². The molecule has 9 heteroatoms. The van der Waals surface area contributed by atoms with Gasteiger partial charge in [0.25, 0.3) is 0 Å². The molecule has 0 spiro atoms. The molecule has 0 aliphatic heterocycles. The lowest BCUT2D eigenvalue weighted by atomic mass is 10.2. The lowest BCUT2D eigenvalue weighted by Gasteiger charge is -2.16. The number of benzene rings is 2. The molecule has 0 radical (unpaired) electrons. The van der Waals surface area contributed by atoms with Gasteiger partial charge in [0.05, 0.1) is 18.6 Å². The van der Waals surface area contributed by atoms with Crippen molar-refractivity contribution in [3.8, 4) is 11.5 Å². The minimum atomic E-state index is -0.283. The summed E-state index contributed by atoms with van der Waals surface area (Å²) in [6.07, 6.45) is 0.701. The van der Waals surface area contributed by atoms with Crippen LogP contribution in [-0.4, -0.2) is 33.5 Å². The average Bonchev–Trinajstić information content (AvgIpc) is 3.21. The highest BCUT2D eigenvalue weighted by molar-refractivity contribution is 7.99. The number of nitrogens with one attached hydrogen (secondary N) is 1. The van der Waals surface area contributed by atoms with Crippen LogP contribution in [-0.2, 0) is 17.8 Å². The molecular formula is C23H27ClN4O3S. The molecule has 7 nitrogen and oxygen atoms in total. The highest BCUT2D eigenvalue weighted by atomic mass is 35.5. The van der Waals surface area contributed by atoms with Gasteiger partial charge in [-0.3, -0.25) is 4.79 Å². The van der Waals surface area contributed by atoms with Crippen LogP contribution in [0.5, 0.6) is 11.5 Å². The summed E-state index contributed by atoms with van der Waals surface area (Å²) < 4.78 is 13.3. The standard InChI is InChI=1S/C23H27ClN4O3S/c1-5-16-7-10-18(11-8-16)31-15(3)22-26-27-23(28(22)6-2)32-14-21(29)25-19-13-17(24)9-12-20(19)30-4/h7-13,15H,5-6,14H2,1-4H3,(H,25,29)/t15-/m1/s1. The predicted molar refractivity (Wildman–Crippen MR) is 128 cm³/mol. The van der Waals surface area contributed by atoms with Crippen molar-refractivity contribution < 1.29 is 14.3 Å². The Morgan fingerprint density at radius 2 is 1.94 bits per heavy atom. The zero-order chi connectivity index (χ0) is 23.1. The van der Waals surface area contributed by atoms with Gasteiger partial charge in [-0.2, -0.15) is 0 Å². The van der Waals surface area contributed by atoms with Gasteiger partial charge in [0.1, 0.15) is 11.5 Å². The summed E-state index contributed by atoms with van der Waals surface area (Å²) in [4.78, 5) is 12.5. The van der Waals surface area contributed by atoms with Crippen LogP contribution < -0.4 is 14.8 Å². The maximum atomic E-state index is 12.5. The number of anilines is 1. The molecule has 0 aliphatic rings. The Hall–Kier alpha value is -2.71. The van der Waals surface area contributed by atoms with E-state index in [-0.39, 0.29) is 17.8 Å². The molecule has 0 aliphatic carbocycles. The molecule has 0 saturated heterocycles. The number of carbonyl (C=O) groups is 1. The van der Waals surface area contributed by atoms with Gasteiger partial charge in [0, 0.05) is 11.6 Å². The second-order valence-corrected chi connectivity index (χ2v) is 8.40. The number of hydrogen-bond acceptors (Lipinski definition) is 6. The van der Waals surface area contributed by atoms with Crippen LogP contribution in [0.1, 0.15) is 38.3 Å². The largest absolute Gasteiger partial charge is 0.495 e. The van der Waals surface area contributed by atoms with E-state index in [1.165, 1.54) is 17.3 Å². The van der Waals surface area contributed by atoms with Gasteiger partial charge in [-0.1, -0.05) is 42.4 Å². The smallest absolute Gasteiger partial charge is 0.234 e. The minimum Gasteiger partial charge on any atom is -0.495 e. The fraction of sp³-hybridized carbons (Fsp3) is 0.348. The number of rotatable bonds is 10. The van der Waals surface area contributed by atoms with Crippen molar-refractivity contribution in [1.29, 1.82) is 0 Å². The number of aryl methyl sites for hydroxylation is 1. The van der Waals surface area contributed by atoms with Crippen LogP contribution in [0.3, 0.4) is 0 Å². The monoisotopic (exact) mass is 474 g/mol. The molecule has 1 heterocycles. The van der Waals surface area contributed by atoms with Crippen molar-refractivity contribution in [2.75, 3.05) is 18.2 Å². The van der Waals surface area contributed by atoms with E-state index in [4.69, 9.17) is 21.1 Å². The van der Waals surface area contributed by atoms with Crippen molar-refractivity contribution in [2.24, 2.45) is 0 Å². The van der Waals surface area contributed by atoms with E-state index in [1.54, 1.807) is 25.3 Å². The second kappa shape index (κ2) is 11.2. The van der Waals surface area contributed by atoms with Gasteiger partial charge in [-0.15, -0.1) is 10.2 Å². The highest BCUT2D eigenvalue weighted by Crippen LogP contribution is 2.29. The number of ether oxygens (including phenoxy) is 2. The third kappa shape index (κ3) is 5.95. The van der Waals surface area contributed by atoms with E-state index >= 15 is 0 Å². The van der Waals surface area contributed by atoms with Crippen molar-refractivity contribution in [3.63, 3.8) is 0 Å². The Kier molecular flexibility index (Phi) is 8.41. The van der Waals surface area contributed by atoms with Gasteiger partial charge >= 0.3 is 0 Å². The number of amides is 1. The summed E-state index contributed by atoms with van der Waals surface area (Å²) in [7, 11) is 1.54. The van der Waals surface area contributed by atoms with Crippen molar-refractivity contribution >= 4 is 35.0 Å². The predicted octanol–water partition coefficient (Wildman–Crippen LogP) is 5.39. The average molecular weight is 475 g/mol. The van der Waals surface area contributed by atoms with Gasteiger partial charge in [0.15, 0.2) is 17.1 Å². The molecule has 0 fully saturated rings. The fourth-order valence-corrected chi connectivity index (χ4v) is 4.14. The van der Waals surface area contributed by atoms with Gasteiger partial charge in [0.2, 0.25) is 5.91 Å². The van der Waals surface area contributed by atoms with Crippen LogP contribution >= 0.6 is 23.4 Å². The van der Waals surface area contributed by atoms with E-state index in [0.29, 0.717) is 34.0 Å². The number of methoxy groups -OCH3 is 1. The van der Waals surface area contributed by atoms with Crippen LogP contribution in [0.2, 0.25) is 5.02 Å². The molecule has 3 aromatic rings. The zero-order valence-electron chi connectivity index (χ0n) is 18.6. The van der Waals surface area contributed by atoms with Gasteiger partial charge < -0.3 is 19.4 Å². The van der Waals surface area contributed by atoms with Crippen molar-refractivity contribution in [2.45, 2.75) is 45.0 Å². The summed E-state index contributed by atoms with van der Waals surface area (Å²) in [6.45, 7) is 6.73. The Labute approximate surface area is 197 Å². The zero-order valence-corrected chi connectivity index (χ0v) is 20.2. The number of carbonyl (C=O) groups excluding carboxylic acids is 1. The topological polar surface area (TPSA) is 78.3 Å². The van der Waals surface area contributed by atoms with Gasteiger partial charge in [-0.05, 0) is 56.2 Å². The molecule has 0 bridgehead atoms. The van der Waals surface area contributed by atoms with E-state index in [1.807, 2.05) is 30.5 Å². The van der Waals surface area contributed by atoms with Crippen LogP contribution in [0.15, 0.2) is 47.6 Å². The summed E-state index contributed by atoms with van der Waals surface area (Å²) in [5.41, 5.74) is 1.79. The van der Waals surface area contributed by atoms with E-state index in [0.717, 1.165) is 12.2 Å². The maximum Gasteiger partial charge on any atom is 0.234 e. The molecule has 1 N–H and O–H groups in total. The maximum absolute atomic E-state index is 12.5. The second-order valence-electron chi connectivity index (χ2n) is 7.02.